The summed E-state index contributed by atoms with van der Waals surface area (Å²) < 4.78 is 5.32. The van der Waals surface area contributed by atoms with Gasteiger partial charge in [-0.1, -0.05) is 25.5 Å². The molecule has 1 aromatic carbocycles. The predicted molar refractivity (Wildman–Crippen MR) is 99.0 cm³/mol. The number of hydroxylamine groups is 2. The van der Waals surface area contributed by atoms with Crippen LogP contribution in [0.2, 0.25) is 0 Å². The molecule has 1 unspecified atom stereocenters. The molecule has 0 aromatic heterocycles. The van der Waals surface area contributed by atoms with Crippen molar-refractivity contribution in [3.05, 3.63) is 39.9 Å². The van der Waals surface area contributed by atoms with E-state index in [1.54, 1.807) is 19.9 Å². The van der Waals surface area contributed by atoms with Gasteiger partial charge in [-0.15, -0.1) is 5.06 Å². The molecule has 1 rings (SSSR count). The Morgan fingerprint density at radius 2 is 1.78 bits per heavy atom. The lowest BCUT2D eigenvalue weighted by atomic mass is 10.1. The van der Waals surface area contributed by atoms with Gasteiger partial charge in [-0.2, -0.15) is 0 Å². The Hall–Kier alpha value is -2.84. The zero-order valence-electron chi connectivity index (χ0n) is 16.2. The quantitative estimate of drug-likeness (QED) is 0.492. The van der Waals surface area contributed by atoms with Gasteiger partial charge in [-0.05, 0) is 33.3 Å². The minimum Gasteiger partial charge on any atom is -0.439 e. The summed E-state index contributed by atoms with van der Waals surface area (Å²) in [5.74, 6) is 0. The number of nitro benzene ring substituents is 1. The molecule has 2 amide bonds. The van der Waals surface area contributed by atoms with Crippen LogP contribution in [0.5, 0.6) is 0 Å². The van der Waals surface area contributed by atoms with Crippen LogP contribution in [-0.4, -0.2) is 46.7 Å². The van der Waals surface area contributed by atoms with Crippen molar-refractivity contribution in [2.24, 2.45) is 0 Å². The van der Waals surface area contributed by atoms with E-state index in [1.807, 2.05) is 6.92 Å². The monoisotopic (exact) mass is 381 g/mol. The van der Waals surface area contributed by atoms with Crippen molar-refractivity contribution in [2.45, 2.75) is 46.6 Å². The lowest BCUT2D eigenvalue weighted by molar-refractivity contribution is -0.386. The highest BCUT2D eigenvalue weighted by atomic mass is 16.8. The van der Waals surface area contributed by atoms with Crippen LogP contribution >= 0.6 is 0 Å². The number of hydrogen-bond acceptors (Lipinski definition) is 6. The number of nitrogens with zero attached hydrogens (tertiary/aromatic N) is 3. The highest BCUT2D eigenvalue weighted by molar-refractivity contribution is 5.72. The molecule has 0 N–H and O–H groups in total. The number of carbonyl (C=O) groups excluding carboxylic acids is 2. The topological polar surface area (TPSA) is 102 Å². The zero-order valence-corrected chi connectivity index (χ0v) is 16.2. The standard InChI is InChI=1S/C18H27N3O6/c1-5-8-13-20(27-17(22)19(6-2)7-3)18(23)26-14(4)15-11-9-10-12-16(15)21(24)25/h9-12,14H,5-8,13H2,1-4H3. The second-order valence-electron chi connectivity index (χ2n) is 5.83. The predicted octanol–water partition coefficient (Wildman–Crippen LogP) is 4.29. The largest absolute Gasteiger partial charge is 0.443 e. The SMILES string of the molecule is CCCCN(OC(=O)N(CC)CC)C(=O)OC(C)c1ccccc1[N+](=O)[O-]. The van der Waals surface area contributed by atoms with Crippen LogP contribution in [0.3, 0.4) is 0 Å². The van der Waals surface area contributed by atoms with Gasteiger partial charge in [0.15, 0.2) is 0 Å². The van der Waals surface area contributed by atoms with E-state index in [2.05, 4.69) is 0 Å². The van der Waals surface area contributed by atoms with E-state index in [4.69, 9.17) is 9.57 Å². The van der Waals surface area contributed by atoms with E-state index in [0.29, 0.717) is 19.5 Å². The number of unbranched alkanes of at least 4 members (excludes halogenated alkanes) is 1. The Morgan fingerprint density at radius 3 is 2.33 bits per heavy atom. The Bertz CT molecular complexity index is 648. The molecule has 9 heteroatoms. The van der Waals surface area contributed by atoms with E-state index in [-0.39, 0.29) is 17.8 Å². The molecule has 1 aromatic rings. The first kappa shape index (κ1) is 22.2. The molecule has 0 aliphatic carbocycles. The molecule has 1 atom stereocenters. The highest BCUT2D eigenvalue weighted by Gasteiger charge is 2.27. The van der Waals surface area contributed by atoms with E-state index in [1.165, 1.54) is 30.0 Å². The fourth-order valence-electron chi connectivity index (χ4n) is 2.38. The van der Waals surface area contributed by atoms with Crippen molar-refractivity contribution in [1.29, 1.82) is 0 Å². The summed E-state index contributed by atoms with van der Waals surface area (Å²) in [6.45, 7) is 8.13. The lowest BCUT2D eigenvalue weighted by Crippen LogP contribution is -2.41. The zero-order chi connectivity index (χ0) is 20.4. The fraction of sp³-hybridized carbons (Fsp3) is 0.556. The minimum atomic E-state index is -0.879. The van der Waals surface area contributed by atoms with Gasteiger partial charge in [0, 0.05) is 19.2 Å². The maximum Gasteiger partial charge on any atom is 0.443 e. The Balaban J connectivity index is 2.89. The Labute approximate surface area is 158 Å². The van der Waals surface area contributed by atoms with Crippen LogP contribution < -0.4 is 0 Å². The molecule has 0 radical (unpaired) electrons. The number of carbonyl (C=O) groups is 2. The van der Waals surface area contributed by atoms with Gasteiger partial charge in [0.05, 0.1) is 17.0 Å². The minimum absolute atomic E-state index is 0.141. The summed E-state index contributed by atoms with van der Waals surface area (Å²) in [5.41, 5.74) is 0.124. The van der Waals surface area contributed by atoms with Crippen LogP contribution in [0, 0.1) is 10.1 Å². The second kappa shape index (κ2) is 11.0. The molecule has 0 saturated carbocycles. The van der Waals surface area contributed by atoms with E-state index in [0.717, 1.165) is 11.5 Å². The molecule has 0 fully saturated rings. The molecule has 0 spiro atoms. The van der Waals surface area contributed by atoms with E-state index < -0.39 is 23.2 Å². The van der Waals surface area contributed by atoms with Gasteiger partial charge in [0.25, 0.3) is 5.69 Å². The van der Waals surface area contributed by atoms with Crippen LogP contribution in [0.1, 0.15) is 52.2 Å². The maximum atomic E-state index is 12.5. The number of nitro groups is 1. The molecular weight excluding hydrogens is 354 g/mol. The lowest BCUT2D eigenvalue weighted by Gasteiger charge is -2.26. The molecular formula is C18H27N3O6. The normalized spacial score (nSPS) is 11.4. The molecule has 9 nitrogen and oxygen atoms in total. The maximum absolute atomic E-state index is 12.5. The summed E-state index contributed by atoms with van der Waals surface area (Å²) in [5, 5.41) is 12.0. The van der Waals surface area contributed by atoms with Crippen molar-refractivity contribution in [1.82, 2.24) is 9.96 Å². The van der Waals surface area contributed by atoms with Gasteiger partial charge >= 0.3 is 12.2 Å². The molecule has 0 heterocycles. The number of rotatable bonds is 8. The molecule has 0 aliphatic rings. The van der Waals surface area contributed by atoms with Crippen molar-refractivity contribution in [3.8, 4) is 0 Å². The number of para-hydroxylation sites is 1. The van der Waals surface area contributed by atoms with Gasteiger partial charge < -0.3 is 14.5 Å². The van der Waals surface area contributed by atoms with Gasteiger partial charge in [0.1, 0.15) is 6.10 Å². The van der Waals surface area contributed by atoms with Crippen LogP contribution in [0.25, 0.3) is 0 Å². The third-order valence-electron chi connectivity index (χ3n) is 3.98. The average Bonchev–Trinajstić information content (AvgIpc) is 2.65. The smallest absolute Gasteiger partial charge is 0.439 e. The van der Waals surface area contributed by atoms with Crippen molar-refractivity contribution in [3.63, 3.8) is 0 Å². The fourth-order valence-corrected chi connectivity index (χ4v) is 2.38. The molecule has 0 aliphatic heterocycles. The third-order valence-corrected chi connectivity index (χ3v) is 3.98. The number of hydrogen-bond donors (Lipinski definition) is 0. The molecule has 0 bridgehead atoms. The van der Waals surface area contributed by atoms with E-state index >= 15 is 0 Å². The number of benzene rings is 1. The summed E-state index contributed by atoms with van der Waals surface area (Å²) in [6.07, 6.45) is -0.997. The molecule has 150 valence electrons. The summed E-state index contributed by atoms with van der Waals surface area (Å²) in [4.78, 5) is 41.9. The van der Waals surface area contributed by atoms with Crippen molar-refractivity contribution >= 4 is 17.9 Å². The Morgan fingerprint density at radius 1 is 1.15 bits per heavy atom. The first-order chi connectivity index (χ1) is 12.8. The third kappa shape index (κ3) is 6.43. The number of amides is 2. The van der Waals surface area contributed by atoms with Crippen molar-refractivity contribution in [2.75, 3.05) is 19.6 Å². The summed E-state index contributed by atoms with van der Waals surface area (Å²) in [6, 6.07) is 6.03. The highest BCUT2D eigenvalue weighted by Crippen LogP contribution is 2.27. The second-order valence-corrected chi connectivity index (χ2v) is 5.83. The first-order valence-corrected chi connectivity index (χ1v) is 9.03. The van der Waals surface area contributed by atoms with Gasteiger partial charge in [-0.3, -0.25) is 10.1 Å². The van der Waals surface area contributed by atoms with Gasteiger partial charge in [0.2, 0.25) is 0 Å². The summed E-state index contributed by atoms with van der Waals surface area (Å²) in [7, 11) is 0. The molecule has 27 heavy (non-hydrogen) atoms. The average molecular weight is 381 g/mol. The number of ether oxygens (including phenoxy) is 1. The van der Waals surface area contributed by atoms with Gasteiger partial charge in [-0.25, -0.2) is 9.59 Å². The Kier molecular flexibility index (Phi) is 9.04. The van der Waals surface area contributed by atoms with Crippen LogP contribution in [0.15, 0.2) is 24.3 Å². The summed E-state index contributed by atoms with van der Waals surface area (Å²) >= 11 is 0. The van der Waals surface area contributed by atoms with Crippen LogP contribution in [0.4, 0.5) is 15.3 Å². The first-order valence-electron chi connectivity index (χ1n) is 9.03. The van der Waals surface area contributed by atoms with Crippen LogP contribution in [-0.2, 0) is 9.57 Å². The van der Waals surface area contributed by atoms with Crippen molar-refractivity contribution < 1.29 is 24.1 Å². The van der Waals surface area contributed by atoms with E-state index in [9.17, 15) is 19.7 Å². The molecule has 0 saturated heterocycles.